The fourth-order valence-corrected chi connectivity index (χ4v) is 2.98. The minimum atomic E-state index is -0.326. The van der Waals surface area contributed by atoms with Gasteiger partial charge in [-0.1, -0.05) is 30.3 Å². The molecule has 1 saturated heterocycles. The molecule has 4 nitrogen and oxygen atoms in total. The molecule has 0 saturated carbocycles. The average Bonchev–Trinajstić information content (AvgIpc) is 2.97. The van der Waals surface area contributed by atoms with Crippen molar-refractivity contribution in [1.29, 1.82) is 0 Å². The van der Waals surface area contributed by atoms with Crippen molar-refractivity contribution in [2.24, 2.45) is 0 Å². The van der Waals surface area contributed by atoms with E-state index < -0.39 is 0 Å². The SMILES string of the molecule is O=C(Cc1nc(-c2ccccc2)cs1)C1CNCCO1. The Morgan fingerprint density at radius 2 is 2.25 bits per heavy atom. The van der Waals surface area contributed by atoms with Crippen LogP contribution in [0.2, 0.25) is 0 Å². The highest BCUT2D eigenvalue weighted by atomic mass is 32.1. The van der Waals surface area contributed by atoms with Gasteiger partial charge in [-0.15, -0.1) is 11.3 Å². The molecule has 2 aromatic rings. The summed E-state index contributed by atoms with van der Waals surface area (Å²) in [5, 5.41) is 6.02. The maximum absolute atomic E-state index is 12.1. The quantitative estimate of drug-likeness (QED) is 0.934. The number of rotatable bonds is 4. The lowest BCUT2D eigenvalue weighted by molar-refractivity contribution is -0.131. The van der Waals surface area contributed by atoms with Crippen molar-refractivity contribution in [3.63, 3.8) is 0 Å². The van der Waals surface area contributed by atoms with Crippen molar-refractivity contribution in [1.82, 2.24) is 10.3 Å². The van der Waals surface area contributed by atoms with E-state index in [0.29, 0.717) is 19.6 Å². The lowest BCUT2D eigenvalue weighted by Gasteiger charge is -2.21. The molecule has 1 aliphatic heterocycles. The number of carbonyl (C=O) groups excluding carboxylic acids is 1. The second-order valence-electron chi connectivity index (χ2n) is 4.70. The highest BCUT2D eigenvalue weighted by molar-refractivity contribution is 7.10. The van der Waals surface area contributed by atoms with Crippen LogP contribution in [0, 0.1) is 0 Å². The number of hydrogen-bond acceptors (Lipinski definition) is 5. The number of aromatic nitrogens is 1. The summed E-state index contributed by atoms with van der Waals surface area (Å²) in [6.45, 7) is 2.03. The molecular formula is C15H16N2O2S. The Labute approximate surface area is 121 Å². The molecule has 1 unspecified atom stereocenters. The molecule has 2 heterocycles. The van der Waals surface area contributed by atoms with Gasteiger partial charge in [-0.25, -0.2) is 4.98 Å². The fourth-order valence-electron chi connectivity index (χ4n) is 2.17. The predicted molar refractivity (Wildman–Crippen MR) is 78.9 cm³/mol. The van der Waals surface area contributed by atoms with Crippen molar-refractivity contribution >= 4 is 17.1 Å². The van der Waals surface area contributed by atoms with Crippen LogP contribution in [-0.2, 0) is 16.0 Å². The highest BCUT2D eigenvalue weighted by Gasteiger charge is 2.22. The summed E-state index contributed by atoms with van der Waals surface area (Å²) in [6.07, 6.45) is 0.0250. The second kappa shape index (κ2) is 6.26. The molecule has 1 aromatic heterocycles. The largest absolute Gasteiger partial charge is 0.368 e. The van der Waals surface area contributed by atoms with Crippen molar-refractivity contribution in [3.8, 4) is 11.3 Å². The number of benzene rings is 1. The van der Waals surface area contributed by atoms with E-state index in [9.17, 15) is 4.79 Å². The van der Waals surface area contributed by atoms with E-state index in [-0.39, 0.29) is 11.9 Å². The standard InChI is InChI=1S/C15H16N2O2S/c18-13(14-9-16-6-7-19-14)8-15-17-12(10-20-15)11-4-2-1-3-5-11/h1-5,10,14,16H,6-9H2. The molecule has 1 N–H and O–H groups in total. The number of hydrogen-bond donors (Lipinski definition) is 1. The zero-order chi connectivity index (χ0) is 13.8. The van der Waals surface area contributed by atoms with E-state index in [4.69, 9.17) is 4.74 Å². The van der Waals surface area contributed by atoms with Gasteiger partial charge in [-0.2, -0.15) is 0 Å². The first kappa shape index (κ1) is 13.4. The number of nitrogens with zero attached hydrogens (tertiary/aromatic N) is 1. The molecule has 3 rings (SSSR count). The molecule has 0 spiro atoms. The van der Waals surface area contributed by atoms with Gasteiger partial charge in [0, 0.05) is 24.0 Å². The summed E-state index contributed by atoms with van der Waals surface area (Å²) in [5.74, 6) is 0.103. The third-order valence-electron chi connectivity index (χ3n) is 3.23. The molecule has 0 bridgehead atoms. The molecule has 1 aliphatic rings. The van der Waals surface area contributed by atoms with Crippen LogP contribution >= 0.6 is 11.3 Å². The fraction of sp³-hybridized carbons (Fsp3) is 0.333. The Kier molecular flexibility index (Phi) is 4.20. The number of nitrogens with one attached hydrogen (secondary N) is 1. The number of carbonyl (C=O) groups is 1. The maximum Gasteiger partial charge on any atom is 0.169 e. The van der Waals surface area contributed by atoms with Crippen LogP contribution < -0.4 is 5.32 Å². The van der Waals surface area contributed by atoms with Crippen LogP contribution in [0.25, 0.3) is 11.3 Å². The summed E-state index contributed by atoms with van der Waals surface area (Å²) in [6, 6.07) is 10.00. The molecule has 1 fully saturated rings. The van der Waals surface area contributed by atoms with E-state index >= 15 is 0 Å². The summed E-state index contributed by atoms with van der Waals surface area (Å²) < 4.78 is 5.47. The van der Waals surface area contributed by atoms with Gasteiger partial charge in [-0.05, 0) is 0 Å². The topological polar surface area (TPSA) is 51.2 Å². The second-order valence-corrected chi connectivity index (χ2v) is 5.64. The van der Waals surface area contributed by atoms with E-state index in [0.717, 1.165) is 22.8 Å². The van der Waals surface area contributed by atoms with Gasteiger partial charge < -0.3 is 10.1 Å². The van der Waals surface area contributed by atoms with E-state index in [1.54, 1.807) is 0 Å². The third-order valence-corrected chi connectivity index (χ3v) is 4.08. The Bertz CT molecular complexity index is 577. The van der Waals surface area contributed by atoms with E-state index in [1.807, 2.05) is 35.7 Å². The van der Waals surface area contributed by atoms with Crippen molar-refractivity contribution in [2.75, 3.05) is 19.7 Å². The van der Waals surface area contributed by atoms with Gasteiger partial charge in [0.1, 0.15) is 11.1 Å². The predicted octanol–water partition coefficient (Wildman–Crippen LogP) is 1.91. The molecule has 0 radical (unpaired) electrons. The first-order chi connectivity index (χ1) is 9.83. The highest BCUT2D eigenvalue weighted by Crippen LogP contribution is 2.22. The van der Waals surface area contributed by atoms with Gasteiger partial charge in [0.05, 0.1) is 18.7 Å². The van der Waals surface area contributed by atoms with Crippen LogP contribution in [0.3, 0.4) is 0 Å². The zero-order valence-electron chi connectivity index (χ0n) is 11.0. The summed E-state index contributed by atoms with van der Waals surface area (Å²) in [7, 11) is 0. The van der Waals surface area contributed by atoms with E-state index in [1.165, 1.54) is 11.3 Å². The third kappa shape index (κ3) is 3.12. The zero-order valence-corrected chi connectivity index (χ0v) is 11.9. The molecule has 0 aliphatic carbocycles. The molecule has 1 atom stereocenters. The van der Waals surface area contributed by atoms with Gasteiger partial charge in [0.2, 0.25) is 0 Å². The van der Waals surface area contributed by atoms with Crippen molar-refractivity contribution in [3.05, 3.63) is 40.7 Å². The molecule has 104 valence electrons. The Morgan fingerprint density at radius 1 is 1.40 bits per heavy atom. The van der Waals surface area contributed by atoms with E-state index in [2.05, 4.69) is 10.3 Å². The summed E-state index contributed by atoms with van der Waals surface area (Å²) in [4.78, 5) is 16.7. The number of Topliss-reactive ketones (excluding diaryl/α,β-unsaturated/α-hetero) is 1. The number of morpholine rings is 1. The number of ether oxygens (including phenoxy) is 1. The van der Waals surface area contributed by atoms with Crippen LogP contribution in [0.4, 0.5) is 0 Å². The summed E-state index contributed by atoms with van der Waals surface area (Å²) >= 11 is 1.53. The van der Waals surface area contributed by atoms with Crippen molar-refractivity contribution in [2.45, 2.75) is 12.5 Å². The smallest absolute Gasteiger partial charge is 0.169 e. The first-order valence-electron chi connectivity index (χ1n) is 6.68. The summed E-state index contributed by atoms with van der Waals surface area (Å²) in [5.41, 5.74) is 2.01. The molecule has 20 heavy (non-hydrogen) atoms. The minimum absolute atomic E-state index is 0.103. The Balaban J connectivity index is 1.66. The lowest BCUT2D eigenvalue weighted by atomic mass is 10.1. The normalized spacial score (nSPS) is 18.9. The average molecular weight is 288 g/mol. The molecule has 0 amide bonds. The Morgan fingerprint density at radius 3 is 3.00 bits per heavy atom. The number of ketones is 1. The first-order valence-corrected chi connectivity index (χ1v) is 7.56. The molecule has 5 heteroatoms. The van der Waals surface area contributed by atoms with Crippen molar-refractivity contribution < 1.29 is 9.53 Å². The Hall–Kier alpha value is -1.56. The van der Waals surface area contributed by atoms with Crippen LogP contribution in [-0.4, -0.2) is 36.6 Å². The maximum atomic E-state index is 12.1. The van der Waals surface area contributed by atoms with Crippen LogP contribution in [0.15, 0.2) is 35.7 Å². The van der Waals surface area contributed by atoms with Gasteiger partial charge in [-0.3, -0.25) is 4.79 Å². The monoisotopic (exact) mass is 288 g/mol. The van der Waals surface area contributed by atoms with Gasteiger partial charge in [0.25, 0.3) is 0 Å². The minimum Gasteiger partial charge on any atom is -0.368 e. The van der Waals surface area contributed by atoms with Crippen LogP contribution in [0.5, 0.6) is 0 Å². The van der Waals surface area contributed by atoms with Crippen LogP contribution in [0.1, 0.15) is 5.01 Å². The molecular weight excluding hydrogens is 272 g/mol. The van der Waals surface area contributed by atoms with Gasteiger partial charge >= 0.3 is 0 Å². The number of thiazole rings is 1. The molecule has 1 aromatic carbocycles. The lowest BCUT2D eigenvalue weighted by Crippen LogP contribution is -2.43. The van der Waals surface area contributed by atoms with Gasteiger partial charge in [0.15, 0.2) is 5.78 Å².